The molecule has 1 saturated heterocycles. The van der Waals surface area contributed by atoms with Crippen molar-refractivity contribution in [3.05, 3.63) is 35.9 Å². The molecule has 13 nitrogen and oxygen atoms in total. The van der Waals surface area contributed by atoms with Gasteiger partial charge in [-0.25, -0.2) is 4.79 Å². The Morgan fingerprint density at radius 1 is 1.03 bits per heavy atom. The summed E-state index contributed by atoms with van der Waals surface area (Å²) >= 11 is 0. The molecule has 0 saturated carbocycles. The Kier molecular flexibility index (Phi) is 10.3. The van der Waals surface area contributed by atoms with Crippen LogP contribution < -0.4 is 22.1 Å². The van der Waals surface area contributed by atoms with Gasteiger partial charge in [-0.2, -0.15) is 0 Å². The lowest BCUT2D eigenvalue weighted by Crippen LogP contribution is -2.57. The number of benzene rings is 1. The fraction of sp³-hybridized carbons (Fsp3) is 0.478. The van der Waals surface area contributed by atoms with E-state index in [-0.39, 0.29) is 25.8 Å². The van der Waals surface area contributed by atoms with Crippen molar-refractivity contribution in [1.29, 1.82) is 0 Å². The second kappa shape index (κ2) is 13.2. The van der Waals surface area contributed by atoms with E-state index >= 15 is 0 Å². The minimum atomic E-state index is -1.75. The third-order valence-corrected chi connectivity index (χ3v) is 5.76. The van der Waals surface area contributed by atoms with Crippen molar-refractivity contribution in [2.24, 2.45) is 11.5 Å². The molecule has 196 valence electrons. The van der Waals surface area contributed by atoms with Gasteiger partial charge in [-0.1, -0.05) is 30.3 Å². The molecule has 2 rings (SSSR count). The first kappa shape index (κ1) is 28.2. The summed E-state index contributed by atoms with van der Waals surface area (Å²) < 4.78 is 0. The van der Waals surface area contributed by atoms with Gasteiger partial charge in [0, 0.05) is 13.0 Å². The highest BCUT2D eigenvalue weighted by Crippen LogP contribution is 2.20. The second-order valence-electron chi connectivity index (χ2n) is 8.55. The topological polar surface area (TPSA) is 222 Å². The van der Waals surface area contributed by atoms with E-state index in [2.05, 4.69) is 10.6 Å². The van der Waals surface area contributed by atoms with E-state index in [0.29, 0.717) is 12.8 Å². The standard InChI is InChI=1S/C23H31N5O8/c24-14(11-13-5-2-1-3-6-13)22(34)28-10-4-7-17(28)21(33)26-15(8-9-18(25)29)20(32)27-16(23(35)36)12-19(30)31/h1-3,5-6,14-17H,4,7-12,24H2,(H2,25,29)(H,26,33)(H,27,32)(H,30,31)(H,35,36). The van der Waals surface area contributed by atoms with Gasteiger partial charge >= 0.3 is 11.9 Å². The Labute approximate surface area is 207 Å². The number of carboxylic acid groups (broad SMARTS) is 2. The van der Waals surface area contributed by atoms with Crippen molar-refractivity contribution < 1.29 is 39.0 Å². The average Bonchev–Trinajstić information content (AvgIpc) is 3.30. The van der Waals surface area contributed by atoms with Crippen LogP contribution in [0, 0.1) is 0 Å². The molecule has 1 aromatic rings. The molecule has 0 bridgehead atoms. The highest BCUT2D eigenvalue weighted by molar-refractivity contribution is 5.95. The number of carbonyl (C=O) groups is 6. The van der Waals surface area contributed by atoms with E-state index in [1.165, 1.54) is 4.90 Å². The molecular formula is C23H31N5O8. The number of hydrogen-bond acceptors (Lipinski definition) is 7. The van der Waals surface area contributed by atoms with Gasteiger partial charge in [-0.15, -0.1) is 0 Å². The normalized spacial score (nSPS) is 17.5. The summed E-state index contributed by atoms with van der Waals surface area (Å²) in [6.45, 7) is 0.289. The Morgan fingerprint density at radius 2 is 1.69 bits per heavy atom. The summed E-state index contributed by atoms with van der Waals surface area (Å²) in [5, 5.41) is 22.6. The summed E-state index contributed by atoms with van der Waals surface area (Å²) in [6.07, 6.45) is -0.322. The zero-order valence-corrected chi connectivity index (χ0v) is 19.6. The van der Waals surface area contributed by atoms with Gasteiger partial charge in [0.25, 0.3) is 0 Å². The number of carbonyl (C=O) groups excluding carboxylic acids is 4. The number of rotatable bonds is 13. The molecule has 4 amide bonds. The third-order valence-electron chi connectivity index (χ3n) is 5.76. The van der Waals surface area contributed by atoms with Crippen LogP contribution in [-0.2, 0) is 35.2 Å². The molecule has 1 fully saturated rings. The van der Waals surface area contributed by atoms with Gasteiger partial charge < -0.3 is 37.2 Å². The quantitative estimate of drug-likeness (QED) is 0.180. The summed E-state index contributed by atoms with van der Waals surface area (Å²) in [7, 11) is 0. The first-order valence-electron chi connectivity index (χ1n) is 11.4. The molecule has 0 radical (unpaired) electrons. The molecule has 0 aromatic heterocycles. The molecule has 1 heterocycles. The smallest absolute Gasteiger partial charge is 0.326 e. The van der Waals surface area contributed by atoms with E-state index in [1.54, 1.807) is 0 Å². The summed E-state index contributed by atoms with van der Waals surface area (Å²) in [5.41, 5.74) is 12.1. The maximum absolute atomic E-state index is 13.0. The van der Waals surface area contributed by atoms with Gasteiger partial charge in [-0.05, 0) is 31.2 Å². The fourth-order valence-electron chi connectivity index (χ4n) is 3.94. The SMILES string of the molecule is NC(=O)CCC(NC(=O)C1CCCN1C(=O)C(N)Cc1ccccc1)C(=O)NC(CC(=O)O)C(=O)O. The van der Waals surface area contributed by atoms with E-state index < -0.39 is 66.2 Å². The van der Waals surface area contributed by atoms with E-state index in [9.17, 15) is 33.9 Å². The predicted molar refractivity (Wildman–Crippen MR) is 125 cm³/mol. The number of carboxylic acids is 2. The van der Waals surface area contributed by atoms with Crippen molar-refractivity contribution in [3.63, 3.8) is 0 Å². The molecule has 0 spiro atoms. The molecule has 36 heavy (non-hydrogen) atoms. The minimum Gasteiger partial charge on any atom is -0.481 e. The fourth-order valence-corrected chi connectivity index (χ4v) is 3.94. The van der Waals surface area contributed by atoms with Gasteiger partial charge in [0.05, 0.1) is 12.5 Å². The van der Waals surface area contributed by atoms with Gasteiger partial charge in [0.15, 0.2) is 0 Å². The maximum atomic E-state index is 13.0. The van der Waals surface area contributed by atoms with Gasteiger partial charge in [0.1, 0.15) is 18.1 Å². The van der Waals surface area contributed by atoms with Crippen molar-refractivity contribution >= 4 is 35.6 Å². The number of aliphatic carboxylic acids is 2. The predicted octanol–water partition coefficient (Wildman–Crippen LogP) is -1.66. The van der Waals surface area contributed by atoms with Crippen LogP contribution in [0.1, 0.15) is 37.7 Å². The Bertz CT molecular complexity index is 986. The Hall–Kier alpha value is -4.00. The molecule has 1 aliphatic rings. The highest BCUT2D eigenvalue weighted by atomic mass is 16.4. The first-order valence-corrected chi connectivity index (χ1v) is 11.4. The number of hydrogen-bond donors (Lipinski definition) is 6. The zero-order chi connectivity index (χ0) is 26.8. The van der Waals surface area contributed by atoms with Crippen LogP contribution in [0.4, 0.5) is 0 Å². The number of nitrogens with two attached hydrogens (primary N) is 2. The van der Waals surface area contributed by atoms with E-state index in [0.717, 1.165) is 5.56 Å². The number of nitrogens with zero attached hydrogens (tertiary/aromatic N) is 1. The molecule has 8 N–H and O–H groups in total. The van der Waals surface area contributed by atoms with E-state index in [1.807, 2.05) is 30.3 Å². The van der Waals surface area contributed by atoms with Crippen molar-refractivity contribution in [3.8, 4) is 0 Å². The van der Waals surface area contributed by atoms with Crippen LogP contribution in [-0.4, -0.2) is 81.4 Å². The van der Waals surface area contributed by atoms with Crippen LogP contribution in [0.3, 0.4) is 0 Å². The number of primary amides is 1. The lowest BCUT2D eigenvalue weighted by molar-refractivity contribution is -0.147. The molecule has 4 unspecified atom stereocenters. The Morgan fingerprint density at radius 3 is 2.28 bits per heavy atom. The average molecular weight is 506 g/mol. The largest absolute Gasteiger partial charge is 0.481 e. The first-order chi connectivity index (χ1) is 17.0. The molecule has 0 aliphatic carbocycles. The van der Waals surface area contributed by atoms with Crippen molar-refractivity contribution in [2.45, 2.75) is 62.7 Å². The lowest BCUT2D eigenvalue weighted by Gasteiger charge is -2.28. The monoisotopic (exact) mass is 505 g/mol. The molecule has 13 heteroatoms. The third kappa shape index (κ3) is 8.34. The minimum absolute atomic E-state index is 0.249. The van der Waals surface area contributed by atoms with Crippen LogP contribution in [0.5, 0.6) is 0 Å². The Balaban J connectivity index is 2.10. The van der Waals surface area contributed by atoms with Gasteiger partial charge in [0.2, 0.25) is 23.6 Å². The van der Waals surface area contributed by atoms with Crippen LogP contribution in [0.25, 0.3) is 0 Å². The van der Waals surface area contributed by atoms with Gasteiger partial charge in [-0.3, -0.25) is 24.0 Å². The zero-order valence-electron chi connectivity index (χ0n) is 19.6. The molecular weight excluding hydrogens is 474 g/mol. The second-order valence-corrected chi connectivity index (χ2v) is 8.55. The van der Waals surface area contributed by atoms with Crippen molar-refractivity contribution in [2.75, 3.05) is 6.54 Å². The maximum Gasteiger partial charge on any atom is 0.326 e. The number of nitrogens with one attached hydrogen (secondary N) is 2. The number of amides is 4. The van der Waals surface area contributed by atoms with Crippen LogP contribution >= 0.6 is 0 Å². The number of likely N-dealkylation sites (tertiary alicyclic amines) is 1. The molecule has 1 aliphatic heterocycles. The highest BCUT2D eigenvalue weighted by Gasteiger charge is 2.38. The van der Waals surface area contributed by atoms with Crippen molar-refractivity contribution in [1.82, 2.24) is 15.5 Å². The summed E-state index contributed by atoms with van der Waals surface area (Å²) in [5.74, 6) is -5.88. The van der Waals surface area contributed by atoms with E-state index in [4.69, 9.17) is 16.6 Å². The lowest BCUT2D eigenvalue weighted by atomic mass is 10.0. The molecule has 4 atom stereocenters. The van der Waals surface area contributed by atoms with Crippen LogP contribution in [0.15, 0.2) is 30.3 Å². The summed E-state index contributed by atoms with van der Waals surface area (Å²) in [6, 6.07) is 4.21. The molecule has 1 aromatic carbocycles. The van der Waals surface area contributed by atoms with Crippen LogP contribution in [0.2, 0.25) is 0 Å². The summed E-state index contributed by atoms with van der Waals surface area (Å²) in [4.78, 5) is 73.5.